The van der Waals surface area contributed by atoms with E-state index in [1.54, 1.807) is 24.3 Å². The number of ketones is 1. The van der Waals surface area contributed by atoms with Crippen LogP contribution in [-0.4, -0.2) is 29.4 Å². The molecule has 0 aliphatic carbocycles. The molecule has 0 aliphatic rings. The second-order valence-electron chi connectivity index (χ2n) is 4.81. The summed E-state index contributed by atoms with van der Waals surface area (Å²) >= 11 is 3.30. The SMILES string of the molecule is CC(C)(C)ON(C=O)CC(=O)c1ccc(Br)cc1. The number of rotatable bonds is 5. The summed E-state index contributed by atoms with van der Waals surface area (Å²) in [5, 5.41) is 1.02. The lowest BCUT2D eigenvalue weighted by Crippen LogP contribution is -2.36. The van der Waals surface area contributed by atoms with Gasteiger partial charge in [0.2, 0.25) is 6.41 Å². The number of hydrogen-bond acceptors (Lipinski definition) is 3. The van der Waals surface area contributed by atoms with Gasteiger partial charge in [-0.05, 0) is 32.9 Å². The maximum absolute atomic E-state index is 11.9. The van der Waals surface area contributed by atoms with E-state index in [9.17, 15) is 9.59 Å². The molecule has 1 aromatic rings. The molecule has 98 valence electrons. The molecule has 0 fully saturated rings. The van der Waals surface area contributed by atoms with Crippen LogP contribution in [0.25, 0.3) is 0 Å². The molecule has 4 nitrogen and oxygen atoms in total. The zero-order valence-electron chi connectivity index (χ0n) is 10.6. The van der Waals surface area contributed by atoms with Gasteiger partial charge in [-0.15, -0.1) is 0 Å². The zero-order valence-corrected chi connectivity index (χ0v) is 12.2. The van der Waals surface area contributed by atoms with Gasteiger partial charge in [-0.3, -0.25) is 14.4 Å². The molecule has 0 N–H and O–H groups in total. The molecule has 0 unspecified atom stereocenters. The van der Waals surface area contributed by atoms with Crippen molar-refractivity contribution in [2.24, 2.45) is 0 Å². The summed E-state index contributed by atoms with van der Waals surface area (Å²) in [7, 11) is 0. The number of halogens is 1. The smallest absolute Gasteiger partial charge is 0.233 e. The topological polar surface area (TPSA) is 46.6 Å². The van der Waals surface area contributed by atoms with Crippen LogP contribution >= 0.6 is 15.9 Å². The number of benzene rings is 1. The Labute approximate surface area is 115 Å². The lowest BCUT2D eigenvalue weighted by atomic mass is 10.1. The van der Waals surface area contributed by atoms with Gasteiger partial charge in [0, 0.05) is 10.0 Å². The summed E-state index contributed by atoms with van der Waals surface area (Å²) in [6.07, 6.45) is 0.516. The second kappa shape index (κ2) is 6.11. The number of hydrogen-bond donors (Lipinski definition) is 0. The van der Waals surface area contributed by atoms with E-state index >= 15 is 0 Å². The molecule has 1 rings (SSSR count). The van der Waals surface area contributed by atoms with Crippen molar-refractivity contribution in [1.29, 1.82) is 0 Å². The van der Waals surface area contributed by atoms with Crippen LogP contribution in [0.15, 0.2) is 28.7 Å². The molecule has 0 saturated heterocycles. The summed E-state index contributed by atoms with van der Waals surface area (Å²) in [6.45, 7) is 5.34. The summed E-state index contributed by atoms with van der Waals surface area (Å²) in [6, 6.07) is 6.96. The van der Waals surface area contributed by atoms with Gasteiger partial charge in [-0.2, -0.15) is 0 Å². The minimum absolute atomic E-state index is 0.0948. The van der Waals surface area contributed by atoms with E-state index in [1.807, 2.05) is 20.8 Å². The normalized spacial score (nSPS) is 11.1. The van der Waals surface area contributed by atoms with Gasteiger partial charge in [0.15, 0.2) is 5.78 Å². The van der Waals surface area contributed by atoms with Gasteiger partial charge in [-0.25, -0.2) is 5.06 Å². The van der Waals surface area contributed by atoms with Crippen LogP contribution in [0.2, 0.25) is 0 Å². The minimum atomic E-state index is -0.513. The molecule has 0 radical (unpaired) electrons. The fraction of sp³-hybridized carbons (Fsp3) is 0.385. The molecule has 18 heavy (non-hydrogen) atoms. The largest absolute Gasteiger partial charge is 0.292 e. The van der Waals surface area contributed by atoms with E-state index in [4.69, 9.17) is 4.84 Å². The van der Waals surface area contributed by atoms with Crippen molar-refractivity contribution < 1.29 is 14.4 Å². The minimum Gasteiger partial charge on any atom is -0.292 e. The molecule has 0 heterocycles. The highest BCUT2D eigenvalue weighted by molar-refractivity contribution is 9.10. The number of Topliss-reactive ketones (excluding diaryl/α,β-unsaturated/α-hetero) is 1. The number of amides is 1. The van der Waals surface area contributed by atoms with Crippen LogP contribution in [0.5, 0.6) is 0 Å². The fourth-order valence-corrected chi connectivity index (χ4v) is 1.58. The molecule has 1 aromatic carbocycles. The van der Waals surface area contributed by atoms with Crippen molar-refractivity contribution in [1.82, 2.24) is 5.06 Å². The molecule has 0 saturated carbocycles. The molecule has 0 bridgehead atoms. The van der Waals surface area contributed by atoms with E-state index in [2.05, 4.69) is 15.9 Å². The zero-order chi connectivity index (χ0) is 13.8. The first-order chi connectivity index (χ1) is 8.31. The Balaban J connectivity index is 2.68. The third kappa shape index (κ3) is 4.98. The van der Waals surface area contributed by atoms with Crippen LogP contribution in [0, 0.1) is 0 Å². The monoisotopic (exact) mass is 313 g/mol. The van der Waals surface area contributed by atoms with Crippen LogP contribution in [0.1, 0.15) is 31.1 Å². The van der Waals surface area contributed by atoms with Crippen molar-refractivity contribution in [2.45, 2.75) is 26.4 Å². The third-order valence-corrected chi connectivity index (χ3v) is 2.50. The Morgan fingerprint density at radius 1 is 1.33 bits per heavy atom. The summed E-state index contributed by atoms with van der Waals surface area (Å²) in [5.74, 6) is -0.168. The Hall–Kier alpha value is -1.20. The van der Waals surface area contributed by atoms with Crippen LogP contribution < -0.4 is 0 Å². The molecule has 5 heteroatoms. The average Bonchev–Trinajstić information content (AvgIpc) is 2.27. The van der Waals surface area contributed by atoms with E-state index < -0.39 is 5.60 Å². The van der Waals surface area contributed by atoms with Gasteiger partial charge in [-0.1, -0.05) is 28.1 Å². The highest BCUT2D eigenvalue weighted by Gasteiger charge is 2.19. The van der Waals surface area contributed by atoms with E-state index in [0.717, 1.165) is 9.54 Å². The lowest BCUT2D eigenvalue weighted by molar-refractivity contribution is -0.211. The summed E-state index contributed by atoms with van der Waals surface area (Å²) < 4.78 is 0.900. The van der Waals surface area contributed by atoms with E-state index in [1.165, 1.54) is 0 Å². The standard InChI is InChI=1S/C13H16BrNO3/c1-13(2,3)18-15(9-16)8-12(17)10-4-6-11(14)7-5-10/h4-7,9H,8H2,1-3H3. The lowest BCUT2D eigenvalue weighted by Gasteiger charge is -2.26. The quantitative estimate of drug-likeness (QED) is 0.477. The van der Waals surface area contributed by atoms with Crippen molar-refractivity contribution in [3.05, 3.63) is 34.3 Å². The first-order valence-corrected chi connectivity index (χ1v) is 6.31. The molecule has 0 spiro atoms. The molecule has 0 atom stereocenters. The van der Waals surface area contributed by atoms with E-state index in [0.29, 0.717) is 12.0 Å². The molecular weight excluding hydrogens is 298 g/mol. The first-order valence-electron chi connectivity index (χ1n) is 5.51. The molecular formula is C13H16BrNO3. The Morgan fingerprint density at radius 3 is 2.33 bits per heavy atom. The third-order valence-electron chi connectivity index (χ3n) is 1.97. The Kier molecular flexibility index (Phi) is 5.04. The second-order valence-corrected chi connectivity index (χ2v) is 5.73. The predicted molar refractivity (Wildman–Crippen MR) is 72.1 cm³/mol. The van der Waals surface area contributed by atoms with Gasteiger partial charge >= 0.3 is 0 Å². The van der Waals surface area contributed by atoms with Crippen molar-refractivity contribution in [3.63, 3.8) is 0 Å². The van der Waals surface area contributed by atoms with Gasteiger partial charge < -0.3 is 0 Å². The van der Waals surface area contributed by atoms with Crippen LogP contribution in [-0.2, 0) is 9.63 Å². The predicted octanol–water partition coefficient (Wildman–Crippen LogP) is 2.82. The Bertz CT molecular complexity index is 423. The van der Waals surface area contributed by atoms with E-state index in [-0.39, 0.29) is 12.3 Å². The number of nitrogens with zero attached hydrogens (tertiary/aromatic N) is 1. The number of carbonyl (C=O) groups excluding carboxylic acids is 2. The van der Waals surface area contributed by atoms with Crippen molar-refractivity contribution >= 4 is 28.1 Å². The highest BCUT2D eigenvalue weighted by Crippen LogP contribution is 2.13. The maximum atomic E-state index is 11.9. The van der Waals surface area contributed by atoms with Gasteiger partial charge in [0.05, 0.1) is 5.60 Å². The van der Waals surface area contributed by atoms with Crippen molar-refractivity contribution in [3.8, 4) is 0 Å². The fourth-order valence-electron chi connectivity index (χ4n) is 1.31. The molecule has 0 aromatic heterocycles. The number of carbonyl (C=O) groups is 2. The Morgan fingerprint density at radius 2 is 1.89 bits per heavy atom. The first kappa shape index (κ1) is 14.9. The average molecular weight is 314 g/mol. The molecule has 1 amide bonds. The van der Waals surface area contributed by atoms with Gasteiger partial charge in [0.1, 0.15) is 6.54 Å². The van der Waals surface area contributed by atoms with Gasteiger partial charge in [0.25, 0.3) is 0 Å². The maximum Gasteiger partial charge on any atom is 0.233 e. The van der Waals surface area contributed by atoms with Crippen LogP contribution in [0.3, 0.4) is 0 Å². The highest BCUT2D eigenvalue weighted by atomic mass is 79.9. The summed E-state index contributed by atoms with van der Waals surface area (Å²) in [5.41, 5.74) is 0.0310. The molecule has 0 aliphatic heterocycles. The van der Waals surface area contributed by atoms with Crippen LogP contribution in [0.4, 0.5) is 0 Å². The summed E-state index contributed by atoms with van der Waals surface area (Å²) in [4.78, 5) is 28.1. The van der Waals surface area contributed by atoms with Crippen molar-refractivity contribution in [2.75, 3.05) is 6.54 Å². The number of hydroxylamine groups is 2.